The van der Waals surface area contributed by atoms with Crippen molar-refractivity contribution in [2.24, 2.45) is 10.4 Å². The Morgan fingerprint density at radius 1 is 1.15 bits per heavy atom. The van der Waals surface area contributed by atoms with E-state index in [2.05, 4.69) is 44.8 Å². The number of benzene rings is 1. The van der Waals surface area contributed by atoms with Crippen molar-refractivity contribution in [3.8, 4) is 0 Å². The maximum atomic E-state index is 9.34. The van der Waals surface area contributed by atoms with Crippen LogP contribution in [0.5, 0.6) is 0 Å². The molecule has 0 radical (unpaired) electrons. The molecule has 2 aliphatic heterocycles. The molecule has 27 heavy (non-hydrogen) atoms. The van der Waals surface area contributed by atoms with Gasteiger partial charge in [0.25, 0.3) is 0 Å². The summed E-state index contributed by atoms with van der Waals surface area (Å²) in [5, 5.41) is 16.1. The van der Waals surface area contributed by atoms with Gasteiger partial charge in [-0.3, -0.25) is 4.99 Å². The largest absolute Gasteiger partial charge is 0.396 e. The van der Waals surface area contributed by atoms with E-state index in [4.69, 9.17) is 9.47 Å². The number of aliphatic hydroxyl groups excluding tert-OH is 1. The van der Waals surface area contributed by atoms with Crippen LogP contribution in [0.1, 0.15) is 18.4 Å². The molecule has 0 saturated carbocycles. The molecule has 0 aromatic heterocycles. The normalized spacial score (nSPS) is 23.5. The minimum Gasteiger partial charge on any atom is -0.396 e. The van der Waals surface area contributed by atoms with Crippen LogP contribution >= 0.6 is 0 Å². The molecule has 1 aromatic rings. The first kappa shape index (κ1) is 19.9. The Morgan fingerprint density at radius 3 is 2.56 bits per heavy atom. The molecule has 1 atom stereocenters. The van der Waals surface area contributed by atoms with E-state index < -0.39 is 0 Å². The lowest BCUT2D eigenvalue weighted by Gasteiger charge is -2.29. The minimum atomic E-state index is 0.00613. The van der Waals surface area contributed by atoms with Crippen molar-refractivity contribution < 1.29 is 14.6 Å². The predicted molar refractivity (Wildman–Crippen MR) is 107 cm³/mol. The number of rotatable bonds is 7. The van der Waals surface area contributed by atoms with Crippen molar-refractivity contribution in [3.63, 3.8) is 0 Å². The number of anilines is 1. The summed E-state index contributed by atoms with van der Waals surface area (Å²) in [7, 11) is 1.78. The lowest BCUT2D eigenvalue weighted by molar-refractivity contribution is 0.122. The summed E-state index contributed by atoms with van der Waals surface area (Å²) in [6, 6.07) is 8.65. The number of ether oxygens (including phenoxy) is 2. The summed E-state index contributed by atoms with van der Waals surface area (Å²) in [5.41, 5.74) is 2.47. The molecule has 3 N–H and O–H groups in total. The van der Waals surface area contributed by atoms with E-state index in [1.165, 1.54) is 11.3 Å². The van der Waals surface area contributed by atoms with E-state index in [1.807, 2.05) is 0 Å². The number of nitrogens with one attached hydrogen (secondary N) is 2. The van der Waals surface area contributed by atoms with Gasteiger partial charge in [-0.15, -0.1) is 0 Å². The Balaban J connectivity index is 1.47. The molecule has 0 spiro atoms. The van der Waals surface area contributed by atoms with Crippen LogP contribution < -0.4 is 15.5 Å². The molecule has 2 aliphatic rings. The Morgan fingerprint density at radius 2 is 1.93 bits per heavy atom. The monoisotopic (exact) mass is 376 g/mol. The smallest absolute Gasteiger partial charge is 0.191 e. The molecule has 0 bridgehead atoms. The van der Waals surface area contributed by atoms with Crippen LogP contribution in [0.15, 0.2) is 29.3 Å². The molecule has 2 saturated heterocycles. The quantitative estimate of drug-likeness (QED) is 0.486. The lowest BCUT2D eigenvalue weighted by Crippen LogP contribution is -2.44. The van der Waals surface area contributed by atoms with E-state index in [0.717, 1.165) is 58.3 Å². The Hall–Kier alpha value is -1.83. The molecule has 0 amide bonds. The summed E-state index contributed by atoms with van der Waals surface area (Å²) in [6.45, 7) is 6.62. The highest BCUT2D eigenvalue weighted by atomic mass is 16.5. The molecule has 0 aliphatic carbocycles. The Labute approximate surface area is 161 Å². The van der Waals surface area contributed by atoms with E-state index in [1.54, 1.807) is 7.05 Å². The SMILES string of the molecule is CN=C(NCc1ccc(N2CCOCC2)cc1)NCC1(CCO)CCOC1. The summed E-state index contributed by atoms with van der Waals surface area (Å²) >= 11 is 0. The second kappa shape index (κ2) is 9.92. The van der Waals surface area contributed by atoms with E-state index in [-0.39, 0.29) is 12.0 Å². The Kier molecular flexibility index (Phi) is 7.32. The number of hydrogen-bond donors (Lipinski definition) is 3. The van der Waals surface area contributed by atoms with Gasteiger partial charge < -0.3 is 30.1 Å². The van der Waals surface area contributed by atoms with Crippen molar-refractivity contribution >= 4 is 11.6 Å². The molecule has 2 fully saturated rings. The van der Waals surface area contributed by atoms with Crippen molar-refractivity contribution in [1.82, 2.24) is 10.6 Å². The van der Waals surface area contributed by atoms with Crippen molar-refractivity contribution in [2.45, 2.75) is 19.4 Å². The van der Waals surface area contributed by atoms with Crippen molar-refractivity contribution in [3.05, 3.63) is 29.8 Å². The zero-order valence-electron chi connectivity index (χ0n) is 16.2. The third-order valence-electron chi connectivity index (χ3n) is 5.45. The molecule has 150 valence electrons. The topological polar surface area (TPSA) is 78.4 Å². The molecule has 1 unspecified atom stereocenters. The highest BCUT2D eigenvalue weighted by Gasteiger charge is 2.34. The van der Waals surface area contributed by atoms with Gasteiger partial charge in [0, 0.05) is 57.5 Å². The first-order chi connectivity index (χ1) is 13.2. The van der Waals surface area contributed by atoms with Gasteiger partial charge in [-0.2, -0.15) is 0 Å². The number of aliphatic hydroxyl groups is 1. The fraction of sp³-hybridized carbons (Fsp3) is 0.650. The van der Waals surface area contributed by atoms with E-state index in [0.29, 0.717) is 13.2 Å². The third kappa shape index (κ3) is 5.57. The molecular weight excluding hydrogens is 344 g/mol. The van der Waals surface area contributed by atoms with Gasteiger partial charge in [0.15, 0.2) is 5.96 Å². The lowest BCUT2D eigenvalue weighted by atomic mass is 9.84. The number of nitrogens with zero attached hydrogens (tertiary/aromatic N) is 2. The number of guanidine groups is 1. The molecule has 7 nitrogen and oxygen atoms in total. The van der Waals surface area contributed by atoms with Crippen LogP contribution in [0.4, 0.5) is 5.69 Å². The van der Waals surface area contributed by atoms with Crippen LogP contribution in [-0.4, -0.2) is 70.8 Å². The van der Waals surface area contributed by atoms with Crippen molar-refractivity contribution in [2.75, 3.05) is 64.6 Å². The number of hydrogen-bond acceptors (Lipinski definition) is 5. The van der Waals surface area contributed by atoms with Crippen molar-refractivity contribution in [1.29, 1.82) is 0 Å². The highest BCUT2D eigenvalue weighted by molar-refractivity contribution is 5.79. The fourth-order valence-electron chi connectivity index (χ4n) is 3.64. The zero-order valence-corrected chi connectivity index (χ0v) is 16.2. The van der Waals surface area contributed by atoms with Gasteiger partial charge in [0.05, 0.1) is 19.8 Å². The molecule has 2 heterocycles. The van der Waals surface area contributed by atoms with Gasteiger partial charge >= 0.3 is 0 Å². The highest BCUT2D eigenvalue weighted by Crippen LogP contribution is 2.31. The number of aliphatic imine (C=N–C) groups is 1. The maximum Gasteiger partial charge on any atom is 0.191 e. The zero-order chi connectivity index (χ0) is 19.0. The van der Waals surface area contributed by atoms with Crippen LogP contribution in [-0.2, 0) is 16.0 Å². The van der Waals surface area contributed by atoms with Gasteiger partial charge in [0.2, 0.25) is 0 Å². The summed E-state index contributed by atoms with van der Waals surface area (Å²) in [6.07, 6.45) is 1.72. The average Bonchev–Trinajstić information content (AvgIpc) is 3.18. The van der Waals surface area contributed by atoms with E-state index in [9.17, 15) is 5.11 Å². The van der Waals surface area contributed by atoms with Gasteiger partial charge in [0.1, 0.15) is 0 Å². The second-order valence-electron chi connectivity index (χ2n) is 7.32. The molecule has 7 heteroatoms. The second-order valence-corrected chi connectivity index (χ2v) is 7.32. The first-order valence-corrected chi connectivity index (χ1v) is 9.79. The van der Waals surface area contributed by atoms with E-state index >= 15 is 0 Å². The van der Waals surface area contributed by atoms with Crippen LogP contribution in [0.2, 0.25) is 0 Å². The van der Waals surface area contributed by atoms with Gasteiger partial charge in [-0.05, 0) is 30.5 Å². The van der Waals surface area contributed by atoms with Gasteiger partial charge in [-0.25, -0.2) is 0 Å². The minimum absolute atomic E-state index is 0.00613. The summed E-state index contributed by atoms with van der Waals surface area (Å²) < 4.78 is 11.0. The summed E-state index contributed by atoms with van der Waals surface area (Å²) in [5.74, 6) is 0.775. The van der Waals surface area contributed by atoms with Crippen LogP contribution in [0, 0.1) is 5.41 Å². The molecular formula is C20H32N4O3. The average molecular weight is 377 g/mol. The third-order valence-corrected chi connectivity index (χ3v) is 5.45. The fourth-order valence-corrected chi connectivity index (χ4v) is 3.64. The first-order valence-electron chi connectivity index (χ1n) is 9.79. The standard InChI is InChI=1S/C20H32N4O3/c1-21-19(23-15-20(6-10-25)7-11-27-16-20)22-14-17-2-4-18(5-3-17)24-8-12-26-13-9-24/h2-5,25H,6-16H2,1H3,(H2,21,22,23). The van der Waals surface area contributed by atoms with Crippen LogP contribution in [0.25, 0.3) is 0 Å². The van der Waals surface area contributed by atoms with Crippen LogP contribution in [0.3, 0.4) is 0 Å². The predicted octanol–water partition coefficient (Wildman–Crippen LogP) is 0.977. The molecule has 3 rings (SSSR count). The van der Waals surface area contributed by atoms with Gasteiger partial charge in [-0.1, -0.05) is 12.1 Å². The number of morpholine rings is 1. The maximum absolute atomic E-state index is 9.34. The molecule has 1 aromatic carbocycles. The Bertz CT molecular complexity index is 594. The summed E-state index contributed by atoms with van der Waals surface area (Å²) in [4.78, 5) is 6.67.